The van der Waals surface area contributed by atoms with Crippen LogP contribution in [0, 0.1) is 5.41 Å². The van der Waals surface area contributed by atoms with Gasteiger partial charge in [-0.15, -0.1) is 0 Å². The smallest absolute Gasteiger partial charge is 0.415 e. The Hall–Kier alpha value is -1.73. The zero-order valence-corrected chi connectivity index (χ0v) is 12.6. The molecular weight excluding hydrogens is 289 g/mol. The van der Waals surface area contributed by atoms with Crippen LogP contribution in [-0.2, 0) is 9.53 Å². The molecule has 0 spiro atoms. The van der Waals surface area contributed by atoms with Crippen molar-refractivity contribution >= 4 is 11.9 Å². The first-order valence-electron chi connectivity index (χ1n) is 6.33. The summed E-state index contributed by atoms with van der Waals surface area (Å²) in [5.41, 5.74) is -3.86. The van der Waals surface area contributed by atoms with Gasteiger partial charge in [0.15, 0.2) is 5.78 Å². The molecule has 0 aromatic carbocycles. The van der Waals surface area contributed by atoms with Gasteiger partial charge in [-0.2, -0.15) is 13.2 Å². The first-order valence-corrected chi connectivity index (χ1v) is 6.33. The summed E-state index contributed by atoms with van der Waals surface area (Å²) in [7, 11) is 1.43. The summed E-state index contributed by atoms with van der Waals surface area (Å²) in [6, 6.07) is 0. The molecule has 0 aromatic heterocycles. The number of ketones is 1. The van der Waals surface area contributed by atoms with Gasteiger partial charge in [-0.1, -0.05) is 0 Å². The van der Waals surface area contributed by atoms with Crippen LogP contribution < -0.4 is 5.32 Å². The molecule has 0 radical (unpaired) electrons. The van der Waals surface area contributed by atoms with Gasteiger partial charge in [0.25, 0.3) is 0 Å². The Balaban J connectivity index is 3.19. The first kappa shape index (κ1) is 17.3. The Bertz CT molecular complexity index is 480. The predicted molar refractivity (Wildman–Crippen MR) is 69.3 cm³/mol. The molecular formula is C13H19F3N2O3. The van der Waals surface area contributed by atoms with Crippen LogP contribution in [0.3, 0.4) is 0 Å². The molecule has 0 aromatic rings. The average molecular weight is 308 g/mol. The van der Waals surface area contributed by atoms with Crippen LogP contribution >= 0.6 is 0 Å². The van der Waals surface area contributed by atoms with E-state index in [1.807, 2.05) is 0 Å². The fourth-order valence-corrected chi connectivity index (χ4v) is 1.86. The molecule has 1 aliphatic rings. The van der Waals surface area contributed by atoms with E-state index in [-0.39, 0.29) is 5.70 Å². The number of carbonyl (C=O) groups is 2. The molecule has 5 nitrogen and oxygen atoms in total. The monoisotopic (exact) mass is 308 g/mol. The minimum atomic E-state index is -4.76. The Morgan fingerprint density at radius 3 is 2.29 bits per heavy atom. The van der Waals surface area contributed by atoms with Crippen LogP contribution in [0.1, 0.15) is 27.7 Å². The Labute approximate surface area is 121 Å². The van der Waals surface area contributed by atoms with E-state index in [4.69, 9.17) is 4.74 Å². The van der Waals surface area contributed by atoms with E-state index in [2.05, 4.69) is 5.32 Å². The summed E-state index contributed by atoms with van der Waals surface area (Å²) in [5, 5.41) is 2.48. The molecule has 1 rings (SSSR count). The molecule has 120 valence electrons. The highest BCUT2D eigenvalue weighted by molar-refractivity contribution is 6.05. The lowest BCUT2D eigenvalue weighted by Crippen LogP contribution is -2.43. The second kappa shape index (κ2) is 5.23. The molecule has 1 saturated heterocycles. The number of ether oxygens (including phenoxy) is 1. The molecule has 0 bridgehead atoms. The third-order valence-electron chi connectivity index (χ3n) is 3.02. The molecule has 1 atom stereocenters. The molecule has 0 saturated carbocycles. The van der Waals surface area contributed by atoms with Gasteiger partial charge in [0.1, 0.15) is 16.7 Å². The maximum absolute atomic E-state index is 13.1. The van der Waals surface area contributed by atoms with Gasteiger partial charge < -0.3 is 10.1 Å². The van der Waals surface area contributed by atoms with E-state index >= 15 is 0 Å². The van der Waals surface area contributed by atoms with Crippen molar-refractivity contribution in [3.63, 3.8) is 0 Å². The van der Waals surface area contributed by atoms with Crippen molar-refractivity contribution in [2.75, 3.05) is 13.6 Å². The molecule has 1 fully saturated rings. The van der Waals surface area contributed by atoms with Crippen LogP contribution in [-0.4, -0.2) is 42.1 Å². The fraction of sp³-hybridized carbons (Fsp3) is 0.692. The first-order chi connectivity index (χ1) is 9.33. The van der Waals surface area contributed by atoms with Crippen molar-refractivity contribution in [3.8, 4) is 0 Å². The van der Waals surface area contributed by atoms with E-state index in [1.165, 1.54) is 7.05 Å². The van der Waals surface area contributed by atoms with Crippen LogP contribution in [0.4, 0.5) is 18.0 Å². The van der Waals surface area contributed by atoms with Crippen molar-refractivity contribution in [2.24, 2.45) is 5.41 Å². The minimum Gasteiger partial charge on any atom is -0.443 e. The van der Waals surface area contributed by atoms with Crippen molar-refractivity contribution in [2.45, 2.75) is 39.5 Å². The summed E-state index contributed by atoms with van der Waals surface area (Å²) in [6.07, 6.45) is -4.66. The van der Waals surface area contributed by atoms with Crippen LogP contribution in [0.25, 0.3) is 0 Å². The number of nitrogens with zero attached hydrogens (tertiary/aromatic N) is 1. The molecule has 1 heterocycles. The van der Waals surface area contributed by atoms with Crippen molar-refractivity contribution in [3.05, 3.63) is 11.9 Å². The van der Waals surface area contributed by atoms with Crippen molar-refractivity contribution in [1.29, 1.82) is 0 Å². The predicted octanol–water partition coefficient (Wildman–Crippen LogP) is 2.44. The van der Waals surface area contributed by atoms with Gasteiger partial charge in [0.2, 0.25) is 0 Å². The lowest BCUT2D eigenvalue weighted by Gasteiger charge is -2.27. The molecule has 0 aliphatic carbocycles. The second-order valence-corrected chi connectivity index (χ2v) is 6.04. The van der Waals surface area contributed by atoms with Crippen LogP contribution in [0.2, 0.25) is 0 Å². The Kier molecular flexibility index (Phi) is 4.32. The highest BCUT2D eigenvalue weighted by Crippen LogP contribution is 2.46. The molecule has 1 N–H and O–H groups in total. The number of likely N-dealkylation sites (tertiary alicyclic amines) is 1. The van der Waals surface area contributed by atoms with Gasteiger partial charge >= 0.3 is 12.3 Å². The largest absolute Gasteiger partial charge is 0.443 e. The molecule has 8 heteroatoms. The number of carbonyl (C=O) groups excluding carboxylic acids is 2. The molecule has 21 heavy (non-hydrogen) atoms. The fourth-order valence-electron chi connectivity index (χ4n) is 1.86. The number of amides is 1. The number of hydrogen-bond donors (Lipinski definition) is 1. The van der Waals surface area contributed by atoms with E-state index in [0.717, 1.165) is 18.0 Å². The minimum absolute atomic E-state index is 0.355. The summed E-state index contributed by atoms with van der Waals surface area (Å²) < 4.78 is 44.5. The van der Waals surface area contributed by atoms with E-state index in [0.29, 0.717) is 0 Å². The van der Waals surface area contributed by atoms with Crippen molar-refractivity contribution < 1.29 is 27.5 Å². The normalized spacial score (nSPS) is 25.4. The number of halogens is 3. The zero-order valence-electron chi connectivity index (χ0n) is 12.6. The van der Waals surface area contributed by atoms with Crippen LogP contribution in [0.5, 0.6) is 0 Å². The summed E-state index contributed by atoms with van der Waals surface area (Å²) in [4.78, 5) is 24.8. The Morgan fingerprint density at radius 1 is 1.38 bits per heavy atom. The quantitative estimate of drug-likeness (QED) is 0.756. The van der Waals surface area contributed by atoms with E-state index < -0.39 is 35.6 Å². The summed E-state index contributed by atoms with van der Waals surface area (Å²) >= 11 is 0. The molecule has 1 unspecified atom stereocenters. The summed E-state index contributed by atoms with van der Waals surface area (Å²) in [6.45, 7) is 4.76. The van der Waals surface area contributed by atoms with Gasteiger partial charge in [-0.05, 0) is 27.7 Å². The van der Waals surface area contributed by atoms with Gasteiger partial charge in [-0.25, -0.2) is 4.79 Å². The van der Waals surface area contributed by atoms with Crippen molar-refractivity contribution in [1.82, 2.24) is 10.2 Å². The van der Waals surface area contributed by atoms with Gasteiger partial charge in [0, 0.05) is 13.2 Å². The molecule has 1 aliphatic heterocycles. The van der Waals surface area contributed by atoms with Gasteiger partial charge in [-0.3, -0.25) is 9.69 Å². The van der Waals surface area contributed by atoms with E-state index in [9.17, 15) is 22.8 Å². The SMILES string of the molecule is CN/C=C1\C(=O)C(C)(C(F)(F)F)CN1C(=O)OC(C)(C)C. The maximum atomic E-state index is 13.1. The highest BCUT2D eigenvalue weighted by Gasteiger charge is 2.63. The highest BCUT2D eigenvalue weighted by atomic mass is 19.4. The zero-order chi connectivity index (χ0) is 16.6. The second-order valence-electron chi connectivity index (χ2n) is 6.04. The number of hydrogen-bond acceptors (Lipinski definition) is 4. The third kappa shape index (κ3) is 3.30. The standard InChI is InChI=1S/C13H19F3N2O3/c1-11(2,3)21-10(20)18-7-12(4,13(14,15)16)9(19)8(18)6-17-5/h6,17H,7H2,1-5H3/b8-6+. The Morgan fingerprint density at radius 2 is 1.90 bits per heavy atom. The maximum Gasteiger partial charge on any atom is 0.415 e. The number of rotatable bonds is 1. The average Bonchev–Trinajstić information content (AvgIpc) is 2.53. The number of allylic oxidation sites excluding steroid dienone is 1. The van der Waals surface area contributed by atoms with Crippen LogP contribution in [0.15, 0.2) is 11.9 Å². The van der Waals surface area contributed by atoms with Gasteiger partial charge in [0.05, 0.1) is 6.54 Å². The number of Topliss-reactive ketones (excluding diaryl/α,β-unsaturated/α-hetero) is 1. The summed E-state index contributed by atoms with van der Waals surface area (Å²) in [5.74, 6) is -1.16. The number of nitrogens with one attached hydrogen (secondary N) is 1. The lowest BCUT2D eigenvalue weighted by atomic mass is 9.87. The number of alkyl halides is 3. The lowest BCUT2D eigenvalue weighted by molar-refractivity contribution is -0.209. The molecule has 1 amide bonds. The van der Waals surface area contributed by atoms with E-state index in [1.54, 1.807) is 20.8 Å². The third-order valence-corrected chi connectivity index (χ3v) is 3.02. The topological polar surface area (TPSA) is 58.6 Å².